The summed E-state index contributed by atoms with van der Waals surface area (Å²) < 4.78 is 21.1. The van der Waals surface area contributed by atoms with E-state index < -0.39 is 62.0 Å². The number of nitrogens with zero attached hydrogens (tertiary/aromatic N) is 1. The molecule has 8 atom stereocenters. The lowest BCUT2D eigenvalue weighted by Gasteiger charge is -2.33. The van der Waals surface area contributed by atoms with Gasteiger partial charge in [-0.25, -0.2) is 0 Å². The molecule has 0 rings (SSSR count). The van der Waals surface area contributed by atoms with E-state index in [4.69, 9.17) is 34.3 Å². The molecule has 0 aromatic rings. The molecule has 0 unspecified atom stereocenters. The Labute approximate surface area is 221 Å². The zero-order valence-electron chi connectivity index (χ0n) is 21.5. The van der Waals surface area contributed by atoms with Gasteiger partial charge in [0.05, 0.1) is 84.9 Å². The van der Waals surface area contributed by atoms with Crippen LogP contribution in [0.15, 0.2) is 0 Å². The molecule has 0 radical (unpaired) electrons. The first-order chi connectivity index (χ1) is 18.1. The van der Waals surface area contributed by atoms with E-state index in [0.29, 0.717) is 26.4 Å². The zero-order chi connectivity index (χ0) is 28.9. The van der Waals surface area contributed by atoms with Gasteiger partial charge >= 0.3 is 0 Å². The molecule has 0 saturated heterocycles. The predicted octanol–water partition coefficient (Wildman–Crippen LogP) is -6.78. The molecule has 11 N–H and O–H groups in total. The third kappa shape index (κ3) is 16.5. The minimum absolute atomic E-state index is 0.0435. The fourth-order valence-corrected chi connectivity index (χ4v) is 3.15. The zero-order valence-corrected chi connectivity index (χ0v) is 21.5. The fraction of sp³-hybridized carbons (Fsp3) is 1.00. The molecule has 0 fully saturated rings. The fourth-order valence-electron chi connectivity index (χ4n) is 3.15. The number of hydrogen-bond donors (Lipinski definition) is 11. The molecule has 0 bridgehead atoms. The third-order valence-corrected chi connectivity index (χ3v) is 5.44. The largest absolute Gasteiger partial charge is 0.394 e. The van der Waals surface area contributed by atoms with Crippen molar-refractivity contribution in [3.63, 3.8) is 0 Å². The van der Waals surface area contributed by atoms with Gasteiger partial charge in [0.15, 0.2) is 0 Å². The van der Waals surface area contributed by atoms with E-state index in [1.807, 2.05) is 0 Å². The number of rotatable bonds is 26. The van der Waals surface area contributed by atoms with Gasteiger partial charge in [-0.05, 0) is 0 Å². The Morgan fingerprint density at radius 3 is 1.08 bits per heavy atom. The second-order valence-electron chi connectivity index (χ2n) is 8.53. The topological polar surface area (TPSA) is 263 Å². The van der Waals surface area contributed by atoms with Gasteiger partial charge in [-0.3, -0.25) is 4.90 Å². The van der Waals surface area contributed by atoms with Crippen molar-refractivity contribution in [2.75, 3.05) is 92.3 Å². The van der Waals surface area contributed by atoms with Crippen molar-refractivity contribution in [2.24, 2.45) is 0 Å². The highest BCUT2D eigenvalue weighted by Crippen LogP contribution is 2.10. The summed E-state index contributed by atoms with van der Waals surface area (Å²) in [5, 5.41) is 106. The molecule has 38 heavy (non-hydrogen) atoms. The Morgan fingerprint density at radius 1 is 0.421 bits per heavy atom. The minimum Gasteiger partial charge on any atom is -0.394 e. The number of hydrogen-bond acceptors (Lipinski definition) is 16. The normalized spacial score (nSPS) is 18.6. The van der Waals surface area contributed by atoms with Crippen LogP contribution >= 0.6 is 0 Å². The molecular formula is C22H47NO15. The van der Waals surface area contributed by atoms with Crippen LogP contribution in [0.3, 0.4) is 0 Å². The van der Waals surface area contributed by atoms with E-state index in [9.17, 15) is 40.9 Å². The Kier molecular flexibility index (Phi) is 22.7. The molecule has 0 aliphatic carbocycles. The molecule has 0 saturated carbocycles. The predicted molar refractivity (Wildman–Crippen MR) is 129 cm³/mol. The second kappa shape index (κ2) is 23.1. The standard InChI is InChI=1S/C22H47NO15/c24-2-4-36-6-8-38-10-9-37-7-5-35-3-1-23(11-15(27)19(31)21(33)17(29)13-25)12-16(28)20(32)22(34)18(30)14-26/h15-22,24-34H,1-14H2/t15-,16-,17+,18+,19+,20+,21+,22+/m0/s1. The molecule has 0 aromatic carbocycles. The molecule has 0 aliphatic rings. The van der Waals surface area contributed by atoms with E-state index in [1.54, 1.807) is 0 Å². The number of aliphatic hydroxyl groups excluding tert-OH is 11. The highest BCUT2D eigenvalue weighted by Gasteiger charge is 2.34. The molecule has 16 heteroatoms. The van der Waals surface area contributed by atoms with Crippen molar-refractivity contribution in [3.05, 3.63) is 0 Å². The first-order valence-electron chi connectivity index (χ1n) is 12.4. The van der Waals surface area contributed by atoms with Crippen molar-refractivity contribution < 1.29 is 75.1 Å². The maximum Gasteiger partial charge on any atom is 0.111 e. The van der Waals surface area contributed by atoms with E-state index in [2.05, 4.69) is 0 Å². The van der Waals surface area contributed by atoms with Gasteiger partial charge in [-0.15, -0.1) is 0 Å². The van der Waals surface area contributed by atoms with Gasteiger partial charge in [0.1, 0.15) is 36.6 Å². The summed E-state index contributed by atoms with van der Waals surface area (Å²) in [6, 6.07) is 0. The van der Waals surface area contributed by atoms with Crippen LogP contribution in [0.4, 0.5) is 0 Å². The van der Waals surface area contributed by atoms with Crippen molar-refractivity contribution >= 4 is 0 Å². The summed E-state index contributed by atoms with van der Waals surface area (Å²) in [6.45, 7) is -0.373. The first kappa shape index (κ1) is 37.4. The minimum atomic E-state index is -1.86. The van der Waals surface area contributed by atoms with E-state index in [1.165, 1.54) is 4.90 Å². The summed E-state index contributed by atoms with van der Waals surface area (Å²) >= 11 is 0. The molecule has 0 amide bonds. The summed E-state index contributed by atoms with van der Waals surface area (Å²) in [4.78, 5) is 1.34. The average Bonchev–Trinajstić information content (AvgIpc) is 2.92. The van der Waals surface area contributed by atoms with Crippen molar-refractivity contribution in [2.45, 2.75) is 48.8 Å². The lowest BCUT2D eigenvalue weighted by atomic mass is 10.0. The maximum atomic E-state index is 10.3. The molecule has 0 aromatic heterocycles. The van der Waals surface area contributed by atoms with Crippen LogP contribution in [-0.2, 0) is 18.9 Å². The van der Waals surface area contributed by atoms with Crippen molar-refractivity contribution in [1.82, 2.24) is 4.90 Å². The molecule has 0 aliphatic heterocycles. The third-order valence-electron chi connectivity index (χ3n) is 5.44. The summed E-state index contributed by atoms with van der Waals surface area (Å²) in [7, 11) is 0. The Balaban J connectivity index is 4.62. The molecule has 0 spiro atoms. The summed E-state index contributed by atoms with van der Waals surface area (Å²) in [5.41, 5.74) is 0. The van der Waals surface area contributed by atoms with Crippen LogP contribution in [0.5, 0.6) is 0 Å². The lowest BCUT2D eigenvalue weighted by Crippen LogP contribution is -2.53. The highest BCUT2D eigenvalue weighted by molar-refractivity contribution is 4.86. The van der Waals surface area contributed by atoms with E-state index in [-0.39, 0.29) is 52.7 Å². The molecule has 230 valence electrons. The quantitative estimate of drug-likeness (QED) is 0.0435. The van der Waals surface area contributed by atoms with Crippen LogP contribution in [-0.4, -0.2) is 202 Å². The Bertz CT molecular complexity index is 507. The average molecular weight is 566 g/mol. The van der Waals surface area contributed by atoms with E-state index >= 15 is 0 Å². The highest BCUT2D eigenvalue weighted by atomic mass is 16.6. The van der Waals surface area contributed by atoms with E-state index in [0.717, 1.165) is 0 Å². The summed E-state index contributed by atoms with van der Waals surface area (Å²) in [5.74, 6) is 0. The van der Waals surface area contributed by atoms with Crippen LogP contribution < -0.4 is 0 Å². The van der Waals surface area contributed by atoms with Gasteiger partial charge < -0.3 is 75.1 Å². The SMILES string of the molecule is OCCOCCOCCOCCOCCN(C[C@H](O)[C@@H](O)[C@H](O)[C@H](O)CO)C[C@H](O)[C@@H](O)[C@H](O)[C@H](O)CO. The molecule has 0 heterocycles. The van der Waals surface area contributed by atoms with Crippen LogP contribution in [0.1, 0.15) is 0 Å². The first-order valence-corrected chi connectivity index (χ1v) is 12.4. The summed E-state index contributed by atoms with van der Waals surface area (Å²) in [6.07, 6.45) is -14.2. The second-order valence-corrected chi connectivity index (χ2v) is 8.53. The van der Waals surface area contributed by atoms with Gasteiger partial charge in [0.2, 0.25) is 0 Å². The Hall–Kier alpha value is -0.640. The maximum absolute atomic E-state index is 10.3. The van der Waals surface area contributed by atoms with Crippen molar-refractivity contribution in [1.29, 1.82) is 0 Å². The Morgan fingerprint density at radius 2 is 0.737 bits per heavy atom. The lowest BCUT2D eigenvalue weighted by molar-refractivity contribution is -0.131. The monoisotopic (exact) mass is 565 g/mol. The van der Waals surface area contributed by atoms with Gasteiger partial charge in [0.25, 0.3) is 0 Å². The van der Waals surface area contributed by atoms with Crippen LogP contribution in [0.2, 0.25) is 0 Å². The van der Waals surface area contributed by atoms with Crippen LogP contribution in [0, 0.1) is 0 Å². The van der Waals surface area contributed by atoms with Gasteiger partial charge in [-0.2, -0.15) is 0 Å². The van der Waals surface area contributed by atoms with Gasteiger partial charge in [0, 0.05) is 19.6 Å². The molecular weight excluding hydrogens is 518 g/mol. The molecule has 16 nitrogen and oxygen atoms in total. The van der Waals surface area contributed by atoms with Gasteiger partial charge in [-0.1, -0.05) is 0 Å². The van der Waals surface area contributed by atoms with Crippen molar-refractivity contribution in [3.8, 4) is 0 Å². The van der Waals surface area contributed by atoms with Crippen LogP contribution in [0.25, 0.3) is 0 Å². The smallest absolute Gasteiger partial charge is 0.111 e. The number of ether oxygens (including phenoxy) is 4. The number of aliphatic hydroxyl groups is 11.